The summed E-state index contributed by atoms with van der Waals surface area (Å²) < 4.78 is 16.0. The molecule has 1 saturated carbocycles. The number of benzene rings is 2. The first-order valence-corrected chi connectivity index (χ1v) is 8.15. The number of nitrogens with zero attached hydrogens (tertiary/aromatic N) is 1. The van der Waals surface area contributed by atoms with E-state index in [-0.39, 0.29) is 5.82 Å². The summed E-state index contributed by atoms with van der Waals surface area (Å²) in [7, 11) is 0. The van der Waals surface area contributed by atoms with Crippen LogP contribution in [-0.2, 0) is 6.54 Å². The summed E-state index contributed by atoms with van der Waals surface area (Å²) in [5, 5.41) is 1.54. The highest BCUT2D eigenvalue weighted by Gasteiger charge is 2.21. The fourth-order valence-corrected chi connectivity index (χ4v) is 3.97. The van der Waals surface area contributed by atoms with Crippen LogP contribution in [0.15, 0.2) is 36.4 Å². The molecule has 0 unspecified atom stereocenters. The van der Waals surface area contributed by atoms with Crippen molar-refractivity contribution in [3.8, 4) is 0 Å². The number of fused-ring (bicyclic) bond motifs is 3. The molecule has 1 aromatic heterocycles. The Kier molecular flexibility index (Phi) is 3.33. The van der Waals surface area contributed by atoms with E-state index in [1.165, 1.54) is 37.8 Å². The monoisotopic (exact) mass is 310 g/mol. The van der Waals surface area contributed by atoms with Crippen LogP contribution in [0.3, 0.4) is 0 Å². The van der Waals surface area contributed by atoms with Crippen LogP contribution < -0.4 is 5.73 Å². The summed E-state index contributed by atoms with van der Waals surface area (Å²) in [4.78, 5) is 11.8. The van der Waals surface area contributed by atoms with Gasteiger partial charge in [-0.15, -0.1) is 0 Å². The largest absolute Gasteiger partial charge is 0.366 e. The van der Waals surface area contributed by atoms with Crippen molar-refractivity contribution in [1.29, 1.82) is 0 Å². The number of amides is 1. The number of hydrogen-bond acceptors (Lipinski definition) is 1. The van der Waals surface area contributed by atoms with Crippen molar-refractivity contribution in [2.75, 3.05) is 0 Å². The Hall–Kier alpha value is -2.36. The zero-order chi connectivity index (χ0) is 16.0. The number of primary amides is 1. The first-order chi connectivity index (χ1) is 11.1. The highest BCUT2D eigenvalue weighted by atomic mass is 19.1. The van der Waals surface area contributed by atoms with Gasteiger partial charge in [0.15, 0.2) is 0 Å². The van der Waals surface area contributed by atoms with Crippen LogP contribution in [0.2, 0.25) is 0 Å². The molecule has 0 atom stereocenters. The number of nitrogens with two attached hydrogens (primary N) is 1. The minimum Gasteiger partial charge on any atom is -0.366 e. The zero-order valence-corrected chi connectivity index (χ0v) is 12.9. The molecule has 4 rings (SSSR count). The minimum atomic E-state index is -0.472. The van der Waals surface area contributed by atoms with Crippen molar-refractivity contribution in [3.63, 3.8) is 0 Å². The van der Waals surface area contributed by atoms with Gasteiger partial charge in [-0.05, 0) is 49.1 Å². The molecule has 2 aromatic carbocycles. The smallest absolute Gasteiger partial charge is 0.249 e. The van der Waals surface area contributed by atoms with Crippen LogP contribution in [0, 0.1) is 11.7 Å². The van der Waals surface area contributed by atoms with Crippen molar-refractivity contribution in [3.05, 3.63) is 47.8 Å². The number of halogens is 1. The fourth-order valence-electron chi connectivity index (χ4n) is 3.97. The Morgan fingerprint density at radius 2 is 1.96 bits per heavy atom. The molecule has 2 N–H and O–H groups in total. The van der Waals surface area contributed by atoms with E-state index in [1.807, 2.05) is 18.2 Å². The lowest BCUT2D eigenvalue weighted by Gasteiger charge is -2.13. The second-order valence-electron chi connectivity index (χ2n) is 6.49. The van der Waals surface area contributed by atoms with E-state index in [2.05, 4.69) is 4.57 Å². The highest BCUT2D eigenvalue weighted by molar-refractivity contribution is 6.17. The van der Waals surface area contributed by atoms with Crippen LogP contribution >= 0.6 is 0 Å². The first kappa shape index (κ1) is 14.2. The molecule has 118 valence electrons. The molecule has 0 radical (unpaired) electrons. The number of hydrogen-bond donors (Lipinski definition) is 1. The molecule has 0 aliphatic heterocycles. The molecule has 1 aliphatic rings. The van der Waals surface area contributed by atoms with Gasteiger partial charge < -0.3 is 10.3 Å². The molecule has 1 aliphatic carbocycles. The molecular formula is C19H19FN2O. The zero-order valence-electron chi connectivity index (χ0n) is 12.9. The molecule has 0 spiro atoms. The van der Waals surface area contributed by atoms with E-state index >= 15 is 0 Å². The maximum atomic E-state index is 13.8. The van der Waals surface area contributed by atoms with Crippen LogP contribution in [0.1, 0.15) is 36.0 Å². The lowest BCUT2D eigenvalue weighted by atomic mass is 10.1. The fraction of sp³-hybridized carbons (Fsp3) is 0.316. The third kappa shape index (κ3) is 2.29. The average Bonchev–Trinajstić information content (AvgIpc) is 3.14. The third-order valence-electron chi connectivity index (χ3n) is 5.03. The van der Waals surface area contributed by atoms with Gasteiger partial charge in [-0.2, -0.15) is 0 Å². The second kappa shape index (κ2) is 5.37. The Morgan fingerprint density at radius 1 is 1.17 bits per heavy atom. The van der Waals surface area contributed by atoms with Gasteiger partial charge in [0.25, 0.3) is 0 Å². The van der Waals surface area contributed by atoms with Gasteiger partial charge in [-0.3, -0.25) is 4.79 Å². The number of aromatic nitrogens is 1. The van der Waals surface area contributed by atoms with E-state index in [0.29, 0.717) is 11.5 Å². The van der Waals surface area contributed by atoms with Crippen molar-refractivity contribution in [2.45, 2.75) is 32.2 Å². The average molecular weight is 310 g/mol. The summed E-state index contributed by atoms with van der Waals surface area (Å²) in [6, 6.07) is 10.4. The summed E-state index contributed by atoms with van der Waals surface area (Å²) >= 11 is 0. The van der Waals surface area contributed by atoms with E-state index in [4.69, 9.17) is 5.73 Å². The quantitative estimate of drug-likeness (QED) is 0.773. The Bertz CT molecular complexity index is 907. The van der Waals surface area contributed by atoms with Gasteiger partial charge in [0, 0.05) is 33.9 Å². The van der Waals surface area contributed by atoms with Crippen molar-refractivity contribution in [2.24, 2.45) is 11.7 Å². The predicted octanol–water partition coefficient (Wildman–Crippen LogP) is 4.22. The van der Waals surface area contributed by atoms with Crippen LogP contribution in [0.5, 0.6) is 0 Å². The van der Waals surface area contributed by atoms with E-state index in [0.717, 1.165) is 28.4 Å². The highest BCUT2D eigenvalue weighted by Crippen LogP contribution is 2.35. The minimum absolute atomic E-state index is 0.295. The molecule has 0 bridgehead atoms. The summed E-state index contributed by atoms with van der Waals surface area (Å²) in [5.74, 6) is -0.118. The molecule has 23 heavy (non-hydrogen) atoms. The summed E-state index contributed by atoms with van der Waals surface area (Å²) in [6.45, 7) is 0.911. The summed E-state index contributed by atoms with van der Waals surface area (Å²) in [5.41, 5.74) is 7.94. The molecule has 1 amide bonds. The third-order valence-corrected chi connectivity index (χ3v) is 5.03. The first-order valence-electron chi connectivity index (χ1n) is 8.15. The Morgan fingerprint density at radius 3 is 2.70 bits per heavy atom. The van der Waals surface area contributed by atoms with E-state index in [1.54, 1.807) is 6.07 Å². The summed E-state index contributed by atoms with van der Waals surface area (Å²) in [6.07, 6.45) is 5.03. The number of carbonyl (C=O) groups is 1. The van der Waals surface area contributed by atoms with Gasteiger partial charge in [0.05, 0.1) is 0 Å². The lowest BCUT2D eigenvalue weighted by molar-refractivity contribution is 0.100. The van der Waals surface area contributed by atoms with Crippen molar-refractivity contribution < 1.29 is 9.18 Å². The Balaban J connectivity index is 2.02. The van der Waals surface area contributed by atoms with Crippen LogP contribution in [0.25, 0.3) is 21.8 Å². The topological polar surface area (TPSA) is 48.0 Å². The predicted molar refractivity (Wildman–Crippen MR) is 89.9 cm³/mol. The van der Waals surface area contributed by atoms with Gasteiger partial charge in [0.1, 0.15) is 5.82 Å². The molecule has 1 fully saturated rings. The maximum absolute atomic E-state index is 13.8. The SMILES string of the molecule is NC(=O)c1cccc2c1c1cc(F)ccc1n2CC1CCCC1. The molecule has 1 heterocycles. The van der Waals surface area contributed by atoms with Gasteiger partial charge in [0.2, 0.25) is 5.91 Å². The molecule has 3 aromatic rings. The van der Waals surface area contributed by atoms with Gasteiger partial charge in [-0.25, -0.2) is 4.39 Å². The lowest BCUT2D eigenvalue weighted by Crippen LogP contribution is -2.11. The number of carbonyl (C=O) groups excluding carboxylic acids is 1. The van der Waals surface area contributed by atoms with E-state index < -0.39 is 5.91 Å². The van der Waals surface area contributed by atoms with Crippen molar-refractivity contribution in [1.82, 2.24) is 4.57 Å². The second-order valence-corrected chi connectivity index (χ2v) is 6.49. The van der Waals surface area contributed by atoms with Crippen molar-refractivity contribution >= 4 is 27.7 Å². The molecular weight excluding hydrogens is 291 g/mol. The Labute approximate surface area is 133 Å². The van der Waals surface area contributed by atoms with Gasteiger partial charge in [-0.1, -0.05) is 18.9 Å². The normalized spacial score (nSPS) is 15.7. The van der Waals surface area contributed by atoms with Crippen LogP contribution in [0.4, 0.5) is 4.39 Å². The van der Waals surface area contributed by atoms with Crippen LogP contribution in [-0.4, -0.2) is 10.5 Å². The number of rotatable bonds is 3. The maximum Gasteiger partial charge on any atom is 0.249 e. The standard InChI is InChI=1S/C19H19FN2O/c20-13-8-9-16-15(10-13)18-14(19(21)23)6-3-7-17(18)22(16)11-12-4-1-2-5-12/h3,6-10,12H,1-2,4-5,11H2,(H2,21,23). The van der Waals surface area contributed by atoms with Gasteiger partial charge >= 0.3 is 0 Å². The molecule has 3 nitrogen and oxygen atoms in total. The molecule has 0 saturated heterocycles. The van der Waals surface area contributed by atoms with E-state index in [9.17, 15) is 9.18 Å². The molecule has 4 heteroatoms.